The molecule has 4 nitrogen and oxygen atoms in total. The van der Waals surface area contributed by atoms with Crippen LogP contribution in [0.15, 0.2) is 53.4 Å². The molecule has 134 valence electrons. The molecule has 1 atom stereocenters. The van der Waals surface area contributed by atoms with Crippen molar-refractivity contribution in [1.82, 2.24) is 5.32 Å². The quantitative estimate of drug-likeness (QED) is 0.684. The molecular weight excluding hydrogens is 334 g/mol. The fraction of sp³-hybridized carbons (Fsp3) is 0.350. The summed E-state index contributed by atoms with van der Waals surface area (Å²) >= 11 is 1.72. The van der Waals surface area contributed by atoms with Gasteiger partial charge in [-0.3, -0.25) is 4.79 Å². The van der Waals surface area contributed by atoms with Gasteiger partial charge in [0.25, 0.3) is 5.91 Å². The fourth-order valence-corrected chi connectivity index (χ4v) is 3.30. The second kappa shape index (κ2) is 10.1. The Hall–Kier alpha value is -1.98. The summed E-state index contributed by atoms with van der Waals surface area (Å²) in [6, 6.07) is 15.8. The summed E-state index contributed by atoms with van der Waals surface area (Å²) in [6.07, 6.45) is 0. The molecule has 0 bridgehead atoms. The molecule has 5 heteroatoms. The largest absolute Gasteiger partial charge is 0.494 e. The maximum Gasteiger partial charge on any atom is 0.251 e. The molecular formula is C20H25NO3S. The Morgan fingerprint density at radius 1 is 1.20 bits per heavy atom. The Bertz CT molecular complexity index is 676. The first-order chi connectivity index (χ1) is 12.1. The first-order valence-corrected chi connectivity index (χ1v) is 9.36. The lowest BCUT2D eigenvalue weighted by Crippen LogP contribution is -2.35. The van der Waals surface area contributed by atoms with Gasteiger partial charge < -0.3 is 14.8 Å². The second-order valence-electron chi connectivity index (χ2n) is 5.69. The van der Waals surface area contributed by atoms with Gasteiger partial charge in [-0.2, -0.15) is 0 Å². The number of hydrogen-bond donors (Lipinski definition) is 1. The summed E-state index contributed by atoms with van der Waals surface area (Å²) in [5.41, 5.74) is 1.65. The number of rotatable bonds is 9. The van der Waals surface area contributed by atoms with Gasteiger partial charge in [0.05, 0.1) is 13.2 Å². The highest BCUT2D eigenvalue weighted by molar-refractivity contribution is 7.98. The summed E-state index contributed by atoms with van der Waals surface area (Å²) < 4.78 is 10.8. The van der Waals surface area contributed by atoms with E-state index in [1.807, 2.05) is 44.2 Å². The molecule has 0 saturated heterocycles. The predicted molar refractivity (Wildman–Crippen MR) is 102 cm³/mol. The van der Waals surface area contributed by atoms with Crippen molar-refractivity contribution in [2.24, 2.45) is 0 Å². The highest BCUT2D eigenvalue weighted by atomic mass is 32.2. The molecule has 0 heterocycles. The molecule has 1 N–H and O–H groups in total. The van der Waals surface area contributed by atoms with E-state index in [2.05, 4.69) is 17.4 Å². The van der Waals surface area contributed by atoms with Crippen LogP contribution in [-0.4, -0.2) is 32.3 Å². The number of methoxy groups -OCH3 is 1. The van der Waals surface area contributed by atoms with Crippen molar-refractivity contribution in [3.63, 3.8) is 0 Å². The van der Waals surface area contributed by atoms with E-state index in [9.17, 15) is 4.79 Å². The molecule has 0 saturated carbocycles. The number of carbonyl (C=O) groups excluding carboxylic acids is 1. The van der Waals surface area contributed by atoms with Gasteiger partial charge in [0.2, 0.25) is 0 Å². The van der Waals surface area contributed by atoms with Crippen molar-refractivity contribution in [2.75, 3.05) is 20.3 Å². The number of thioether (sulfide) groups is 1. The minimum Gasteiger partial charge on any atom is -0.494 e. The third kappa shape index (κ3) is 6.11. The van der Waals surface area contributed by atoms with Gasteiger partial charge in [0.15, 0.2) is 0 Å². The molecule has 0 unspecified atom stereocenters. The lowest BCUT2D eigenvalue weighted by Gasteiger charge is -2.15. The second-order valence-corrected chi connectivity index (χ2v) is 6.74. The third-order valence-electron chi connectivity index (χ3n) is 3.55. The molecule has 0 radical (unpaired) electrons. The Kier molecular flexibility index (Phi) is 7.82. The highest BCUT2D eigenvalue weighted by Crippen LogP contribution is 2.29. The summed E-state index contributed by atoms with van der Waals surface area (Å²) in [6.45, 7) is 4.96. The SMILES string of the molecule is CCOc1ccc(C(=O)N[C@@H](C)COC)cc1CSc1ccccc1. The average molecular weight is 359 g/mol. The van der Waals surface area contributed by atoms with Crippen LogP contribution in [0.3, 0.4) is 0 Å². The van der Waals surface area contributed by atoms with E-state index in [4.69, 9.17) is 9.47 Å². The number of hydrogen-bond acceptors (Lipinski definition) is 4. The number of ether oxygens (including phenoxy) is 2. The maximum atomic E-state index is 12.4. The minimum atomic E-state index is -0.0986. The molecule has 2 rings (SSSR count). The van der Waals surface area contributed by atoms with Gasteiger partial charge >= 0.3 is 0 Å². The molecule has 2 aromatic rings. The monoisotopic (exact) mass is 359 g/mol. The first kappa shape index (κ1) is 19.3. The van der Waals surface area contributed by atoms with Crippen LogP contribution in [-0.2, 0) is 10.5 Å². The molecule has 0 aliphatic heterocycles. The van der Waals surface area contributed by atoms with Crippen LogP contribution in [0.5, 0.6) is 5.75 Å². The van der Waals surface area contributed by atoms with E-state index in [-0.39, 0.29) is 11.9 Å². The highest BCUT2D eigenvalue weighted by Gasteiger charge is 2.13. The summed E-state index contributed by atoms with van der Waals surface area (Å²) in [5.74, 6) is 1.47. The molecule has 25 heavy (non-hydrogen) atoms. The average Bonchev–Trinajstić information content (AvgIpc) is 2.62. The molecule has 0 aromatic heterocycles. The number of nitrogens with one attached hydrogen (secondary N) is 1. The lowest BCUT2D eigenvalue weighted by molar-refractivity contribution is 0.0905. The van der Waals surface area contributed by atoms with Gasteiger partial charge in [-0.25, -0.2) is 0 Å². The number of carbonyl (C=O) groups is 1. The Morgan fingerprint density at radius 2 is 1.96 bits per heavy atom. The van der Waals surface area contributed by atoms with E-state index in [0.29, 0.717) is 18.8 Å². The first-order valence-electron chi connectivity index (χ1n) is 8.37. The predicted octanol–water partition coefficient (Wildman–Crippen LogP) is 4.14. The zero-order chi connectivity index (χ0) is 18.1. The molecule has 0 fully saturated rings. The van der Waals surface area contributed by atoms with Gasteiger partial charge in [-0.1, -0.05) is 18.2 Å². The molecule has 1 amide bonds. The van der Waals surface area contributed by atoms with Gasteiger partial charge in [0.1, 0.15) is 5.75 Å². The number of benzene rings is 2. The Morgan fingerprint density at radius 3 is 2.64 bits per heavy atom. The zero-order valence-electron chi connectivity index (χ0n) is 15.0. The topological polar surface area (TPSA) is 47.6 Å². The zero-order valence-corrected chi connectivity index (χ0v) is 15.8. The standard InChI is InChI=1S/C20H25NO3S/c1-4-24-19-11-10-16(20(22)21-15(2)13-23-3)12-17(19)14-25-18-8-6-5-7-9-18/h5-12,15H,4,13-14H2,1-3H3,(H,21,22)/t15-/m0/s1. The molecule has 0 aliphatic carbocycles. The van der Waals surface area contributed by atoms with E-state index < -0.39 is 0 Å². The van der Waals surface area contributed by atoms with Crippen LogP contribution >= 0.6 is 11.8 Å². The summed E-state index contributed by atoms with van der Waals surface area (Å²) in [5, 5.41) is 2.94. The van der Waals surface area contributed by atoms with E-state index >= 15 is 0 Å². The van der Waals surface area contributed by atoms with Crippen molar-refractivity contribution < 1.29 is 14.3 Å². The van der Waals surface area contributed by atoms with Crippen LogP contribution in [0.4, 0.5) is 0 Å². The van der Waals surface area contributed by atoms with E-state index in [1.54, 1.807) is 24.9 Å². The van der Waals surface area contributed by atoms with Crippen LogP contribution in [0.2, 0.25) is 0 Å². The van der Waals surface area contributed by atoms with Crippen LogP contribution in [0.25, 0.3) is 0 Å². The molecule has 0 spiro atoms. The third-order valence-corrected chi connectivity index (χ3v) is 4.62. The van der Waals surface area contributed by atoms with Crippen molar-refractivity contribution in [3.05, 3.63) is 59.7 Å². The van der Waals surface area contributed by atoms with E-state index in [0.717, 1.165) is 17.1 Å². The smallest absolute Gasteiger partial charge is 0.251 e. The summed E-state index contributed by atoms with van der Waals surface area (Å²) in [4.78, 5) is 13.6. The number of amides is 1. The Labute approximate surface area is 153 Å². The van der Waals surface area contributed by atoms with Gasteiger partial charge in [0, 0.05) is 34.9 Å². The van der Waals surface area contributed by atoms with Crippen molar-refractivity contribution in [1.29, 1.82) is 0 Å². The normalized spacial score (nSPS) is 11.8. The van der Waals surface area contributed by atoms with Crippen molar-refractivity contribution in [3.8, 4) is 5.75 Å². The Balaban J connectivity index is 2.13. The lowest BCUT2D eigenvalue weighted by atomic mass is 10.1. The molecule has 0 aliphatic rings. The van der Waals surface area contributed by atoms with Crippen LogP contribution < -0.4 is 10.1 Å². The van der Waals surface area contributed by atoms with E-state index in [1.165, 1.54) is 4.90 Å². The fourth-order valence-electron chi connectivity index (χ4n) is 2.41. The maximum absolute atomic E-state index is 12.4. The summed E-state index contributed by atoms with van der Waals surface area (Å²) in [7, 11) is 1.62. The van der Waals surface area contributed by atoms with Gasteiger partial charge in [-0.05, 0) is 44.2 Å². The van der Waals surface area contributed by atoms with Crippen molar-refractivity contribution in [2.45, 2.75) is 30.5 Å². The molecule has 2 aromatic carbocycles. The van der Waals surface area contributed by atoms with Crippen molar-refractivity contribution >= 4 is 17.7 Å². The van der Waals surface area contributed by atoms with Crippen LogP contribution in [0, 0.1) is 0 Å². The minimum absolute atomic E-state index is 0.0359. The van der Waals surface area contributed by atoms with Crippen LogP contribution in [0.1, 0.15) is 29.8 Å². The van der Waals surface area contributed by atoms with Gasteiger partial charge in [-0.15, -0.1) is 11.8 Å².